The van der Waals surface area contributed by atoms with Gasteiger partial charge in [-0.1, -0.05) is 60.7 Å². The minimum Gasteiger partial charge on any atom is -0.351 e. The van der Waals surface area contributed by atoms with Gasteiger partial charge in [0.1, 0.15) is 5.92 Å². The fourth-order valence-corrected chi connectivity index (χ4v) is 2.00. The molecule has 0 aliphatic rings. The van der Waals surface area contributed by atoms with Crippen LogP contribution in [0, 0.1) is 5.92 Å². The van der Waals surface area contributed by atoms with Gasteiger partial charge in [0.2, 0.25) is 11.8 Å². The summed E-state index contributed by atoms with van der Waals surface area (Å²) in [4.78, 5) is 24.0. The highest BCUT2D eigenvalue weighted by Gasteiger charge is 2.20. The summed E-state index contributed by atoms with van der Waals surface area (Å²) >= 11 is 0. The van der Waals surface area contributed by atoms with Crippen molar-refractivity contribution in [3.05, 3.63) is 71.8 Å². The summed E-state index contributed by atoms with van der Waals surface area (Å²) in [6, 6.07) is 19.2. The molecule has 2 amide bonds. The second kappa shape index (κ2) is 7.98. The van der Waals surface area contributed by atoms with Crippen LogP contribution in [-0.4, -0.2) is 11.8 Å². The fraction of sp³-hybridized carbons (Fsp3) is 0.222. The van der Waals surface area contributed by atoms with Crippen LogP contribution in [0.25, 0.3) is 0 Å². The normalized spacial score (nSPS) is 10.3. The van der Waals surface area contributed by atoms with Crippen molar-refractivity contribution in [1.29, 1.82) is 0 Å². The standard InChI is InChI=1S/C18H20N2O2/c1-14(17(21)19-12-15-8-4-2-5-9-15)18(22)20-13-16-10-6-3-7-11-16/h2-11,14H,12-13H2,1H3,(H,19,21)(H,20,22). The van der Waals surface area contributed by atoms with Crippen molar-refractivity contribution in [2.45, 2.75) is 20.0 Å². The molecule has 0 heterocycles. The summed E-state index contributed by atoms with van der Waals surface area (Å²) < 4.78 is 0. The summed E-state index contributed by atoms with van der Waals surface area (Å²) in [6.45, 7) is 2.46. The number of benzene rings is 2. The van der Waals surface area contributed by atoms with Gasteiger partial charge in [0.15, 0.2) is 0 Å². The molecule has 22 heavy (non-hydrogen) atoms. The molecule has 0 spiro atoms. The van der Waals surface area contributed by atoms with Crippen LogP contribution in [0.1, 0.15) is 18.1 Å². The summed E-state index contributed by atoms with van der Waals surface area (Å²) in [6.07, 6.45) is 0. The molecule has 0 aliphatic carbocycles. The predicted molar refractivity (Wildman–Crippen MR) is 85.7 cm³/mol. The van der Waals surface area contributed by atoms with Crippen LogP contribution in [0.15, 0.2) is 60.7 Å². The highest BCUT2D eigenvalue weighted by molar-refractivity contribution is 5.99. The molecule has 2 aromatic carbocycles. The quantitative estimate of drug-likeness (QED) is 0.803. The van der Waals surface area contributed by atoms with Crippen molar-refractivity contribution in [1.82, 2.24) is 10.6 Å². The van der Waals surface area contributed by atoms with Crippen LogP contribution in [0.2, 0.25) is 0 Å². The van der Waals surface area contributed by atoms with E-state index < -0.39 is 5.92 Å². The van der Waals surface area contributed by atoms with Crippen LogP contribution in [0.3, 0.4) is 0 Å². The highest BCUT2D eigenvalue weighted by Crippen LogP contribution is 2.02. The van der Waals surface area contributed by atoms with Crippen LogP contribution in [0.5, 0.6) is 0 Å². The van der Waals surface area contributed by atoms with Crippen LogP contribution < -0.4 is 10.6 Å². The van der Waals surface area contributed by atoms with Gasteiger partial charge in [0.05, 0.1) is 0 Å². The van der Waals surface area contributed by atoms with E-state index >= 15 is 0 Å². The molecular formula is C18H20N2O2. The molecule has 0 bridgehead atoms. The molecular weight excluding hydrogens is 276 g/mol. The Morgan fingerprint density at radius 1 is 0.773 bits per heavy atom. The zero-order chi connectivity index (χ0) is 15.8. The molecule has 4 heteroatoms. The molecule has 0 fully saturated rings. The summed E-state index contributed by atoms with van der Waals surface area (Å²) in [5, 5.41) is 5.56. The van der Waals surface area contributed by atoms with E-state index in [1.54, 1.807) is 6.92 Å². The van der Waals surface area contributed by atoms with Gasteiger partial charge in [-0.05, 0) is 18.1 Å². The number of hydrogen-bond acceptors (Lipinski definition) is 2. The molecule has 0 aliphatic heterocycles. The lowest BCUT2D eigenvalue weighted by atomic mass is 10.1. The molecule has 0 aromatic heterocycles. The van der Waals surface area contributed by atoms with E-state index in [1.807, 2.05) is 60.7 Å². The maximum absolute atomic E-state index is 12.0. The smallest absolute Gasteiger partial charge is 0.232 e. The van der Waals surface area contributed by atoms with Gasteiger partial charge in [-0.3, -0.25) is 9.59 Å². The zero-order valence-electron chi connectivity index (χ0n) is 12.6. The van der Waals surface area contributed by atoms with Gasteiger partial charge in [-0.15, -0.1) is 0 Å². The topological polar surface area (TPSA) is 58.2 Å². The Balaban J connectivity index is 1.78. The Bertz CT molecular complexity index is 556. The number of amides is 2. The molecule has 0 saturated carbocycles. The maximum atomic E-state index is 12.0. The summed E-state index contributed by atoms with van der Waals surface area (Å²) in [5.41, 5.74) is 2.01. The van der Waals surface area contributed by atoms with Gasteiger partial charge in [-0.2, -0.15) is 0 Å². The zero-order valence-corrected chi connectivity index (χ0v) is 12.6. The Labute approximate surface area is 130 Å². The van der Waals surface area contributed by atoms with Crippen molar-refractivity contribution >= 4 is 11.8 Å². The Kier molecular flexibility index (Phi) is 5.72. The molecule has 0 radical (unpaired) electrons. The van der Waals surface area contributed by atoms with E-state index in [0.29, 0.717) is 13.1 Å². The van der Waals surface area contributed by atoms with Gasteiger partial charge in [0.25, 0.3) is 0 Å². The minimum absolute atomic E-state index is 0.269. The van der Waals surface area contributed by atoms with Crippen molar-refractivity contribution in [3.8, 4) is 0 Å². The first kappa shape index (κ1) is 15.8. The fourth-order valence-electron chi connectivity index (χ4n) is 2.00. The average molecular weight is 296 g/mol. The van der Waals surface area contributed by atoms with Gasteiger partial charge >= 0.3 is 0 Å². The minimum atomic E-state index is -0.715. The Morgan fingerprint density at radius 3 is 1.50 bits per heavy atom. The Morgan fingerprint density at radius 2 is 1.14 bits per heavy atom. The number of carbonyl (C=O) groups is 2. The third-order valence-electron chi connectivity index (χ3n) is 3.41. The molecule has 0 atom stereocenters. The second-order valence-electron chi connectivity index (χ2n) is 5.13. The van der Waals surface area contributed by atoms with Crippen molar-refractivity contribution in [2.75, 3.05) is 0 Å². The summed E-state index contributed by atoms with van der Waals surface area (Å²) in [7, 11) is 0. The first-order valence-electron chi connectivity index (χ1n) is 7.30. The number of rotatable bonds is 6. The largest absolute Gasteiger partial charge is 0.351 e. The van der Waals surface area contributed by atoms with E-state index in [4.69, 9.17) is 0 Å². The Hall–Kier alpha value is -2.62. The number of nitrogens with one attached hydrogen (secondary N) is 2. The van der Waals surface area contributed by atoms with Crippen LogP contribution >= 0.6 is 0 Å². The van der Waals surface area contributed by atoms with Gasteiger partial charge < -0.3 is 10.6 Å². The van der Waals surface area contributed by atoms with E-state index in [0.717, 1.165) is 11.1 Å². The molecule has 114 valence electrons. The predicted octanol–water partition coefficient (Wildman–Crippen LogP) is 2.26. The summed E-state index contributed by atoms with van der Waals surface area (Å²) in [5.74, 6) is -1.25. The third kappa shape index (κ3) is 4.74. The average Bonchev–Trinajstić information content (AvgIpc) is 2.58. The SMILES string of the molecule is CC(C(=O)NCc1ccccc1)C(=O)NCc1ccccc1. The van der Waals surface area contributed by atoms with Crippen molar-refractivity contribution in [2.24, 2.45) is 5.92 Å². The first-order valence-corrected chi connectivity index (χ1v) is 7.30. The third-order valence-corrected chi connectivity index (χ3v) is 3.41. The van der Waals surface area contributed by atoms with E-state index in [9.17, 15) is 9.59 Å². The highest BCUT2D eigenvalue weighted by atomic mass is 16.2. The van der Waals surface area contributed by atoms with Crippen molar-refractivity contribution in [3.63, 3.8) is 0 Å². The number of carbonyl (C=O) groups excluding carboxylic acids is 2. The number of hydrogen-bond donors (Lipinski definition) is 2. The molecule has 0 saturated heterocycles. The molecule has 4 nitrogen and oxygen atoms in total. The van der Waals surface area contributed by atoms with E-state index in [1.165, 1.54) is 0 Å². The molecule has 2 aromatic rings. The lowest BCUT2D eigenvalue weighted by Gasteiger charge is -2.13. The first-order chi connectivity index (χ1) is 10.7. The van der Waals surface area contributed by atoms with Crippen LogP contribution in [0.4, 0.5) is 0 Å². The maximum Gasteiger partial charge on any atom is 0.232 e. The molecule has 0 unspecified atom stereocenters. The molecule has 2 rings (SSSR count). The lowest BCUT2D eigenvalue weighted by molar-refractivity contribution is -0.134. The van der Waals surface area contributed by atoms with Gasteiger partial charge in [0, 0.05) is 13.1 Å². The van der Waals surface area contributed by atoms with Crippen LogP contribution in [-0.2, 0) is 22.7 Å². The molecule has 2 N–H and O–H groups in total. The van der Waals surface area contributed by atoms with Crippen molar-refractivity contribution < 1.29 is 9.59 Å². The van der Waals surface area contributed by atoms with Gasteiger partial charge in [-0.25, -0.2) is 0 Å². The van der Waals surface area contributed by atoms with E-state index in [2.05, 4.69) is 10.6 Å². The van der Waals surface area contributed by atoms with E-state index in [-0.39, 0.29) is 11.8 Å². The monoisotopic (exact) mass is 296 g/mol. The lowest BCUT2D eigenvalue weighted by Crippen LogP contribution is -2.39. The second-order valence-corrected chi connectivity index (χ2v) is 5.13.